The number of fused-ring (bicyclic) bond motifs is 1. The smallest absolute Gasteiger partial charge is 0.173 e. The first kappa shape index (κ1) is 15.4. The number of Topliss-reactive ketones (excluding diaryl/α,β-unsaturated/α-hetero) is 1. The molecule has 1 N–H and O–H groups in total. The summed E-state index contributed by atoms with van der Waals surface area (Å²) in [5, 5.41) is 10.8. The minimum absolute atomic E-state index is 0.0199. The Balaban J connectivity index is 1.81. The number of aryl methyl sites for hydroxylation is 1. The van der Waals surface area contributed by atoms with Crippen molar-refractivity contribution >= 4 is 33.5 Å². The topological polar surface area (TPSA) is 37.3 Å². The van der Waals surface area contributed by atoms with E-state index >= 15 is 0 Å². The molecule has 118 valence electrons. The van der Waals surface area contributed by atoms with Crippen LogP contribution in [-0.4, -0.2) is 22.7 Å². The van der Waals surface area contributed by atoms with E-state index in [1.54, 1.807) is 11.8 Å². The molecule has 2 aliphatic rings. The first-order valence-electron chi connectivity index (χ1n) is 7.81. The van der Waals surface area contributed by atoms with E-state index in [4.69, 9.17) is 0 Å². The highest BCUT2D eigenvalue weighted by Gasteiger charge is 2.57. The summed E-state index contributed by atoms with van der Waals surface area (Å²) in [5.74, 6) is 0.735. The molecule has 1 heterocycles. The lowest BCUT2D eigenvalue weighted by Crippen LogP contribution is -2.46. The summed E-state index contributed by atoms with van der Waals surface area (Å²) in [4.78, 5) is 13.3. The highest BCUT2D eigenvalue weighted by atomic mass is 79.9. The van der Waals surface area contributed by atoms with Gasteiger partial charge in [0.1, 0.15) is 0 Å². The second-order valence-corrected chi connectivity index (χ2v) is 8.36. The molecule has 4 heteroatoms. The molecule has 0 radical (unpaired) electrons. The van der Waals surface area contributed by atoms with Gasteiger partial charge in [-0.2, -0.15) is 0 Å². The molecular weight excluding hydrogens is 372 g/mol. The lowest BCUT2D eigenvalue weighted by atomic mass is 9.64. The lowest BCUT2D eigenvalue weighted by Gasteiger charge is -2.40. The first-order valence-corrected chi connectivity index (χ1v) is 9.65. The summed E-state index contributed by atoms with van der Waals surface area (Å²) < 4.78 is 1.03. The van der Waals surface area contributed by atoms with Crippen LogP contribution < -0.4 is 0 Å². The minimum Gasteiger partial charge on any atom is -0.391 e. The number of hydrogen-bond donors (Lipinski definition) is 1. The van der Waals surface area contributed by atoms with E-state index in [0.717, 1.165) is 34.0 Å². The largest absolute Gasteiger partial charge is 0.391 e. The van der Waals surface area contributed by atoms with Gasteiger partial charge in [0.25, 0.3) is 0 Å². The van der Waals surface area contributed by atoms with E-state index in [-0.39, 0.29) is 11.0 Å². The summed E-state index contributed by atoms with van der Waals surface area (Å²) in [6.45, 7) is 0. The van der Waals surface area contributed by atoms with Crippen molar-refractivity contribution in [3.63, 3.8) is 0 Å². The van der Waals surface area contributed by atoms with Crippen molar-refractivity contribution < 1.29 is 9.90 Å². The monoisotopic (exact) mass is 388 g/mol. The third kappa shape index (κ3) is 2.31. The second kappa shape index (κ2) is 5.76. The van der Waals surface area contributed by atoms with E-state index in [9.17, 15) is 9.90 Å². The van der Waals surface area contributed by atoms with Crippen LogP contribution in [-0.2, 0) is 6.42 Å². The van der Waals surface area contributed by atoms with Crippen LogP contribution in [0.15, 0.2) is 53.0 Å². The SMILES string of the molecule is O=C1c2ccccc2CC[C@]12[C@@H](O)CS[C@H]2c1ccc(Br)cc1. The average Bonchev–Trinajstić information content (AvgIpc) is 2.90. The van der Waals surface area contributed by atoms with Crippen LogP contribution >= 0.6 is 27.7 Å². The van der Waals surface area contributed by atoms with E-state index in [2.05, 4.69) is 28.1 Å². The van der Waals surface area contributed by atoms with Gasteiger partial charge in [-0.25, -0.2) is 0 Å². The van der Waals surface area contributed by atoms with Crippen LogP contribution in [0.4, 0.5) is 0 Å². The molecule has 1 aliphatic heterocycles. The maximum atomic E-state index is 13.3. The number of aliphatic hydroxyl groups is 1. The quantitative estimate of drug-likeness (QED) is 0.785. The van der Waals surface area contributed by atoms with Gasteiger partial charge in [-0.1, -0.05) is 52.3 Å². The molecule has 0 aromatic heterocycles. The summed E-state index contributed by atoms with van der Waals surface area (Å²) in [5.41, 5.74) is 2.35. The molecule has 0 unspecified atom stereocenters. The number of hydrogen-bond acceptors (Lipinski definition) is 3. The molecule has 0 bridgehead atoms. The Morgan fingerprint density at radius 3 is 2.65 bits per heavy atom. The van der Waals surface area contributed by atoms with E-state index in [0.29, 0.717) is 5.75 Å². The van der Waals surface area contributed by atoms with Crippen LogP contribution in [0.5, 0.6) is 0 Å². The highest BCUT2D eigenvalue weighted by Crippen LogP contribution is 2.58. The van der Waals surface area contributed by atoms with Crippen LogP contribution in [0.3, 0.4) is 0 Å². The van der Waals surface area contributed by atoms with Crippen LogP contribution in [0.2, 0.25) is 0 Å². The minimum atomic E-state index is -0.688. The number of aliphatic hydroxyl groups excluding tert-OH is 1. The van der Waals surface area contributed by atoms with Crippen molar-refractivity contribution in [1.29, 1.82) is 0 Å². The molecule has 2 aromatic rings. The van der Waals surface area contributed by atoms with Gasteiger partial charge < -0.3 is 5.11 Å². The van der Waals surface area contributed by atoms with Crippen LogP contribution in [0.1, 0.15) is 33.2 Å². The highest BCUT2D eigenvalue weighted by molar-refractivity contribution is 9.10. The molecule has 0 amide bonds. The van der Waals surface area contributed by atoms with E-state index in [1.807, 2.05) is 36.4 Å². The average molecular weight is 389 g/mol. The van der Waals surface area contributed by atoms with Crippen molar-refractivity contribution in [2.75, 3.05) is 5.75 Å². The summed E-state index contributed by atoms with van der Waals surface area (Å²) in [7, 11) is 0. The predicted octanol–water partition coefficient (Wildman–Crippen LogP) is 4.41. The molecule has 4 rings (SSSR count). The molecule has 2 nitrogen and oxygen atoms in total. The number of carbonyl (C=O) groups excluding carboxylic acids is 1. The maximum absolute atomic E-state index is 13.3. The zero-order valence-electron chi connectivity index (χ0n) is 12.5. The van der Waals surface area contributed by atoms with Crippen molar-refractivity contribution in [3.8, 4) is 0 Å². The van der Waals surface area contributed by atoms with Crippen molar-refractivity contribution in [1.82, 2.24) is 0 Å². The normalized spacial score (nSPS) is 29.7. The number of benzene rings is 2. The number of rotatable bonds is 1. The number of halogens is 1. The Hall–Kier alpha value is -1.10. The second-order valence-electron chi connectivity index (χ2n) is 6.31. The van der Waals surface area contributed by atoms with Gasteiger partial charge in [-0.05, 0) is 36.1 Å². The van der Waals surface area contributed by atoms with Gasteiger partial charge >= 0.3 is 0 Å². The van der Waals surface area contributed by atoms with Crippen molar-refractivity contribution in [2.45, 2.75) is 24.2 Å². The third-order valence-corrected chi connectivity index (χ3v) is 7.21. The van der Waals surface area contributed by atoms with Crippen molar-refractivity contribution in [3.05, 3.63) is 69.7 Å². The maximum Gasteiger partial charge on any atom is 0.173 e. The summed E-state index contributed by atoms with van der Waals surface area (Å²) >= 11 is 5.17. The summed E-state index contributed by atoms with van der Waals surface area (Å²) in [6.07, 6.45) is 0.992. The molecule has 2 aromatic carbocycles. The Morgan fingerprint density at radius 1 is 1.13 bits per heavy atom. The zero-order valence-corrected chi connectivity index (χ0v) is 14.9. The molecule has 1 spiro atoms. The molecule has 0 saturated carbocycles. The van der Waals surface area contributed by atoms with Crippen molar-refractivity contribution in [2.24, 2.45) is 5.41 Å². The molecule has 3 atom stereocenters. The Morgan fingerprint density at radius 2 is 1.87 bits per heavy atom. The molecule has 1 aliphatic carbocycles. The standard InChI is InChI=1S/C19H17BrO2S/c20-14-7-5-13(6-8-14)18-19(16(21)11-23-18)10-9-12-3-1-2-4-15(12)17(19)22/h1-8,16,18,21H,9-11H2/t16-,18-,19-/m0/s1. The summed E-state index contributed by atoms with van der Waals surface area (Å²) in [6, 6.07) is 16.0. The molecule has 1 fully saturated rings. The molecule has 1 saturated heterocycles. The number of carbonyl (C=O) groups is 1. The zero-order chi connectivity index (χ0) is 16.0. The van der Waals surface area contributed by atoms with Gasteiger partial charge in [-0.3, -0.25) is 4.79 Å². The predicted molar refractivity (Wildman–Crippen MR) is 96.9 cm³/mol. The Bertz CT molecular complexity index is 758. The van der Waals surface area contributed by atoms with E-state index < -0.39 is 11.5 Å². The Kier molecular flexibility index (Phi) is 3.87. The van der Waals surface area contributed by atoms with Gasteiger partial charge in [0.05, 0.1) is 11.5 Å². The fourth-order valence-electron chi connectivity index (χ4n) is 3.92. The van der Waals surface area contributed by atoms with Gasteiger partial charge in [-0.15, -0.1) is 11.8 Å². The molecular formula is C19H17BrO2S. The van der Waals surface area contributed by atoms with Crippen LogP contribution in [0.25, 0.3) is 0 Å². The fraction of sp³-hybridized carbons (Fsp3) is 0.316. The van der Waals surface area contributed by atoms with E-state index in [1.165, 1.54) is 0 Å². The van der Waals surface area contributed by atoms with Crippen LogP contribution in [0, 0.1) is 5.41 Å². The third-order valence-electron chi connectivity index (χ3n) is 5.15. The van der Waals surface area contributed by atoms with Gasteiger partial charge in [0.2, 0.25) is 0 Å². The number of thioether (sulfide) groups is 1. The van der Waals surface area contributed by atoms with Gasteiger partial charge in [0, 0.05) is 21.0 Å². The fourth-order valence-corrected chi connectivity index (χ4v) is 5.89. The Labute approximate surface area is 148 Å². The van der Waals surface area contributed by atoms with Gasteiger partial charge in [0.15, 0.2) is 5.78 Å². The molecule has 23 heavy (non-hydrogen) atoms. The lowest BCUT2D eigenvalue weighted by molar-refractivity contribution is 0.0325. The first-order chi connectivity index (χ1) is 11.1. The number of ketones is 1.